The highest BCUT2D eigenvalue weighted by Crippen LogP contribution is 2.19. The van der Waals surface area contributed by atoms with Crippen LogP contribution in [-0.2, 0) is 0 Å². The Morgan fingerprint density at radius 2 is 1.90 bits per heavy atom. The van der Waals surface area contributed by atoms with Gasteiger partial charge in [-0.15, -0.1) is 6.58 Å². The van der Waals surface area contributed by atoms with Gasteiger partial charge >= 0.3 is 0 Å². The topological polar surface area (TPSA) is 49.8 Å². The standard InChI is InChI=1S/C16H20N4/c1-5-8-17-16-18-13(4)10-15(20-16)19-14-7-6-11(2)12(3)9-14/h5-7,9-10H,1,8H2,2-4H3,(H2,17,18,19,20). The lowest BCUT2D eigenvalue weighted by Gasteiger charge is -2.10. The lowest BCUT2D eigenvalue weighted by atomic mass is 10.1. The maximum absolute atomic E-state index is 4.44. The smallest absolute Gasteiger partial charge is 0.225 e. The van der Waals surface area contributed by atoms with Crippen molar-refractivity contribution < 1.29 is 0 Å². The van der Waals surface area contributed by atoms with Crippen LogP contribution in [0.3, 0.4) is 0 Å². The fourth-order valence-electron chi connectivity index (χ4n) is 1.84. The summed E-state index contributed by atoms with van der Waals surface area (Å²) in [5.74, 6) is 1.39. The van der Waals surface area contributed by atoms with Crippen molar-refractivity contribution in [2.75, 3.05) is 17.2 Å². The van der Waals surface area contributed by atoms with E-state index in [1.165, 1.54) is 11.1 Å². The molecular weight excluding hydrogens is 248 g/mol. The van der Waals surface area contributed by atoms with Crippen molar-refractivity contribution in [2.24, 2.45) is 0 Å². The first-order valence-corrected chi connectivity index (χ1v) is 6.63. The molecule has 2 aromatic rings. The summed E-state index contributed by atoms with van der Waals surface area (Å²) in [7, 11) is 0. The highest BCUT2D eigenvalue weighted by Gasteiger charge is 2.03. The number of hydrogen-bond acceptors (Lipinski definition) is 4. The molecule has 4 heteroatoms. The third-order valence-electron chi connectivity index (χ3n) is 3.04. The Labute approximate surface area is 120 Å². The summed E-state index contributed by atoms with van der Waals surface area (Å²) in [5, 5.41) is 6.41. The average Bonchev–Trinajstić information content (AvgIpc) is 2.40. The molecule has 0 spiro atoms. The van der Waals surface area contributed by atoms with Crippen molar-refractivity contribution in [3.05, 3.63) is 53.7 Å². The summed E-state index contributed by atoms with van der Waals surface area (Å²) in [6.45, 7) is 10.5. The number of aromatic nitrogens is 2. The van der Waals surface area contributed by atoms with E-state index in [1.807, 2.05) is 13.0 Å². The van der Waals surface area contributed by atoms with E-state index in [1.54, 1.807) is 6.08 Å². The van der Waals surface area contributed by atoms with Gasteiger partial charge in [-0.3, -0.25) is 0 Å². The largest absolute Gasteiger partial charge is 0.351 e. The zero-order chi connectivity index (χ0) is 14.5. The maximum atomic E-state index is 4.44. The monoisotopic (exact) mass is 268 g/mol. The molecule has 0 amide bonds. The highest BCUT2D eigenvalue weighted by atomic mass is 15.1. The fraction of sp³-hybridized carbons (Fsp3) is 0.250. The van der Waals surface area contributed by atoms with Gasteiger partial charge < -0.3 is 10.6 Å². The normalized spacial score (nSPS) is 10.2. The molecule has 0 fully saturated rings. The van der Waals surface area contributed by atoms with Gasteiger partial charge in [0.05, 0.1) is 0 Å². The number of rotatable bonds is 5. The van der Waals surface area contributed by atoms with E-state index >= 15 is 0 Å². The number of aryl methyl sites for hydroxylation is 3. The minimum atomic E-state index is 0.608. The van der Waals surface area contributed by atoms with Gasteiger partial charge in [-0.1, -0.05) is 12.1 Å². The first-order chi connectivity index (χ1) is 9.58. The summed E-state index contributed by atoms with van der Waals surface area (Å²) in [4.78, 5) is 8.77. The van der Waals surface area contributed by atoms with Gasteiger partial charge in [0.1, 0.15) is 5.82 Å². The van der Waals surface area contributed by atoms with Gasteiger partial charge in [0.15, 0.2) is 0 Å². The quantitative estimate of drug-likeness (QED) is 0.811. The Morgan fingerprint density at radius 3 is 2.60 bits per heavy atom. The Morgan fingerprint density at radius 1 is 1.10 bits per heavy atom. The Kier molecular flexibility index (Phi) is 4.35. The van der Waals surface area contributed by atoms with E-state index in [0.717, 1.165) is 17.2 Å². The van der Waals surface area contributed by atoms with Crippen LogP contribution in [0.25, 0.3) is 0 Å². The Bertz CT molecular complexity index is 620. The van der Waals surface area contributed by atoms with Crippen molar-refractivity contribution in [1.29, 1.82) is 0 Å². The molecule has 2 N–H and O–H groups in total. The lowest BCUT2D eigenvalue weighted by Crippen LogP contribution is -2.06. The Hall–Kier alpha value is -2.36. The van der Waals surface area contributed by atoms with Crippen LogP contribution in [0.2, 0.25) is 0 Å². The van der Waals surface area contributed by atoms with Crippen molar-refractivity contribution in [3.8, 4) is 0 Å². The van der Waals surface area contributed by atoms with Gasteiger partial charge in [-0.25, -0.2) is 4.98 Å². The van der Waals surface area contributed by atoms with Gasteiger partial charge in [0.2, 0.25) is 5.95 Å². The molecule has 0 aliphatic carbocycles. The van der Waals surface area contributed by atoms with Crippen molar-refractivity contribution in [3.63, 3.8) is 0 Å². The van der Waals surface area contributed by atoms with Crippen LogP contribution in [-0.4, -0.2) is 16.5 Å². The molecule has 0 atom stereocenters. The summed E-state index contributed by atoms with van der Waals surface area (Å²) in [6, 6.07) is 8.19. The van der Waals surface area contributed by atoms with E-state index in [4.69, 9.17) is 0 Å². The van der Waals surface area contributed by atoms with Crippen molar-refractivity contribution >= 4 is 17.5 Å². The SMILES string of the molecule is C=CCNc1nc(C)cc(Nc2ccc(C)c(C)c2)n1. The molecule has 0 saturated heterocycles. The van der Waals surface area contributed by atoms with Gasteiger partial charge in [-0.2, -0.15) is 4.98 Å². The molecule has 2 rings (SSSR count). The minimum absolute atomic E-state index is 0.608. The molecular formula is C16H20N4. The third kappa shape index (κ3) is 3.57. The van der Waals surface area contributed by atoms with E-state index in [-0.39, 0.29) is 0 Å². The Balaban J connectivity index is 2.21. The molecule has 1 heterocycles. The second-order valence-electron chi connectivity index (χ2n) is 4.81. The van der Waals surface area contributed by atoms with Crippen LogP contribution in [0.5, 0.6) is 0 Å². The molecule has 104 valence electrons. The number of nitrogens with zero attached hydrogens (tertiary/aromatic N) is 2. The number of hydrogen-bond donors (Lipinski definition) is 2. The summed E-state index contributed by atoms with van der Waals surface area (Å²) >= 11 is 0. The van der Waals surface area contributed by atoms with Crippen LogP contribution in [0.15, 0.2) is 36.9 Å². The summed E-state index contributed by atoms with van der Waals surface area (Å²) in [5.41, 5.74) is 4.48. The second-order valence-corrected chi connectivity index (χ2v) is 4.81. The molecule has 0 unspecified atom stereocenters. The summed E-state index contributed by atoms with van der Waals surface area (Å²) in [6.07, 6.45) is 1.78. The average molecular weight is 268 g/mol. The van der Waals surface area contributed by atoms with Crippen molar-refractivity contribution in [2.45, 2.75) is 20.8 Å². The van der Waals surface area contributed by atoms with Crippen LogP contribution in [0, 0.1) is 20.8 Å². The van der Waals surface area contributed by atoms with Gasteiger partial charge in [-0.05, 0) is 44.0 Å². The molecule has 0 aliphatic rings. The van der Waals surface area contributed by atoms with E-state index in [9.17, 15) is 0 Å². The van der Waals surface area contributed by atoms with Gasteiger partial charge in [0, 0.05) is 24.0 Å². The molecule has 0 saturated carbocycles. The minimum Gasteiger partial charge on any atom is -0.351 e. The molecule has 4 nitrogen and oxygen atoms in total. The zero-order valence-corrected chi connectivity index (χ0v) is 12.2. The molecule has 1 aromatic carbocycles. The molecule has 1 aromatic heterocycles. The molecule has 0 radical (unpaired) electrons. The highest BCUT2D eigenvalue weighted by molar-refractivity contribution is 5.59. The number of anilines is 3. The van der Waals surface area contributed by atoms with E-state index in [0.29, 0.717) is 12.5 Å². The van der Waals surface area contributed by atoms with Crippen molar-refractivity contribution in [1.82, 2.24) is 9.97 Å². The lowest BCUT2D eigenvalue weighted by molar-refractivity contribution is 1.08. The predicted octanol–water partition coefficient (Wildman–Crippen LogP) is 3.74. The zero-order valence-electron chi connectivity index (χ0n) is 12.2. The second kappa shape index (κ2) is 6.19. The molecule has 0 aliphatic heterocycles. The van der Waals surface area contributed by atoms with Gasteiger partial charge in [0.25, 0.3) is 0 Å². The summed E-state index contributed by atoms with van der Waals surface area (Å²) < 4.78 is 0. The first kappa shape index (κ1) is 14.1. The fourth-order valence-corrected chi connectivity index (χ4v) is 1.84. The number of nitrogens with one attached hydrogen (secondary N) is 2. The first-order valence-electron chi connectivity index (χ1n) is 6.63. The van der Waals surface area contributed by atoms with Crippen LogP contribution in [0.4, 0.5) is 17.5 Å². The molecule has 20 heavy (non-hydrogen) atoms. The molecule has 0 bridgehead atoms. The predicted molar refractivity (Wildman–Crippen MR) is 84.7 cm³/mol. The van der Waals surface area contributed by atoms with E-state index in [2.05, 4.69) is 59.2 Å². The number of benzene rings is 1. The maximum Gasteiger partial charge on any atom is 0.225 e. The van der Waals surface area contributed by atoms with Crippen LogP contribution < -0.4 is 10.6 Å². The third-order valence-corrected chi connectivity index (χ3v) is 3.04. The van der Waals surface area contributed by atoms with E-state index < -0.39 is 0 Å². The van der Waals surface area contributed by atoms with Crippen LogP contribution in [0.1, 0.15) is 16.8 Å². The van der Waals surface area contributed by atoms with Crippen LogP contribution >= 0.6 is 0 Å².